The van der Waals surface area contributed by atoms with Gasteiger partial charge < -0.3 is 14.9 Å². The van der Waals surface area contributed by atoms with Crippen molar-refractivity contribution in [3.63, 3.8) is 0 Å². The Morgan fingerprint density at radius 3 is 2.26 bits per heavy atom. The van der Waals surface area contributed by atoms with Gasteiger partial charge >= 0.3 is 6.03 Å². The van der Waals surface area contributed by atoms with E-state index >= 15 is 0 Å². The number of allylic oxidation sites excluding steroid dienone is 1. The number of likely N-dealkylation sites (tertiary alicyclic amines) is 2. The van der Waals surface area contributed by atoms with Crippen LogP contribution in [-0.2, 0) is 0 Å². The van der Waals surface area contributed by atoms with E-state index in [-0.39, 0.29) is 18.5 Å². The van der Waals surface area contributed by atoms with Gasteiger partial charge in [-0.15, -0.1) is 0 Å². The van der Waals surface area contributed by atoms with Crippen LogP contribution in [0.3, 0.4) is 0 Å². The quantitative estimate of drug-likeness (QED) is 0.828. The summed E-state index contributed by atoms with van der Waals surface area (Å²) in [6, 6.07) is 8.34. The lowest BCUT2D eigenvalue weighted by Crippen LogP contribution is -2.48. The predicted molar refractivity (Wildman–Crippen MR) is 101 cm³/mol. The first-order valence-electron chi connectivity index (χ1n) is 9.65. The highest BCUT2D eigenvalue weighted by molar-refractivity contribution is 5.80. The van der Waals surface area contributed by atoms with Crippen LogP contribution in [0, 0.1) is 23.1 Å². The fourth-order valence-corrected chi connectivity index (χ4v) is 3.98. The van der Waals surface area contributed by atoms with E-state index in [1.54, 1.807) is 12.1 Å². The summed E-state index contributed by atoms with van der Waals surface area (Å²) in [5, 5.41) is 18.6. The molecule has 5 nitrogen and oxygen atoms in total. The number of urea groups is 1. The van der Waals surface area contributed by atoms with Crippen molar-refractivity contribution in [2.75, 3.05) is 32.8 Å². The third kappa shape index (κ3) is 4.67. The Labute approximate surface area is 159 Å². The maximum atomic E-state index is 13.1. The average Bonchev–Trinajstić information content (AvgIpc) is 2.71. The van der Waals surface area contributed by atoms with Crippen LogP contribution in [0.5, 0.6) is 0 Å². The molecule has 0 aromatic heterocycles. The number of benzene rings is 1. The van der Waals surface area contributed by atoms with Crippen LogP contribution in [0.15, 0.2) is 29.8 Å². The molecule has 0 spiro atoms. The third-order valence-electron chi connectivity index (χ3n) is 5.66. The number of rotatable bonds is 3. The van der Waals surface area contributed by atoms with Crippen molar-refractivity contribution in [3.05, 3.63) is 41.2 Å². The number of carbonyl (C=O) groups is 1. The molecule has 0 saturated carbocycles. The highest BCUT2D eigenvalue weighted by Gasteiger charge is 2.28. The van der Waals surface area contributed by atoms with Crippen molar-refractivity contribution in [1.82, 2.24) is 9.80 Å². The molecule has 1 aromatic carbocycles. The Morgan fingerprint density at radius 1 is 1.11 bits per heavy atom. The van der Waals surface area contributed by atoms with E-state index in [9.17, 15) is 14.4 Å². The summed E-state index contributed by atoms with van der Waals surface area (Å²) in [7, 11) is 0. The van der Waals surface area contributed by atoms with E-state index in [4.69, 9.17) is 5.11 Å². The van der Waals surface area contributed by atoms with Crippen molar-refractivity contribution in [2.45, 2.75) is 32.1 Å². The Hall–Kier alpha value is -2.39. The number of hydrogen-bond acceptors (Lipinski definition) is 3. The van der Waals surface area contributed by atoms with E-state index in [1.807, 2.05) is 9.80 Å². The number of aliphatic hydroxyl groups excluding tert-OH is 1. The molecule has 2 saturated heterocycles. The second-order valence-corrected chi connectivity index (χ2v) is 7.31. The lowest BCUT2D eigenvalue weighted by atomic mass is 9.93. The van der Waals surface area contributed by atoms with Gasteiger partial charge in [0, 0.05) is 32.8 Å². The standard InChI is InChI=1S/C21H26FN3O2/c22-19-3-1-17(2-4-19)20(15-23)18-7-12-25(13-8-18)21(27)24-10-5-16(6-11-24)9-14-26/h1-4,16,26H,5-14H2. The molecule has 6 heteroatoms. The maximum Gasteiger partial charge on any atom is 0.320 e. The van der Waals surface area contributed by atoms with E-state index < -0.39 is 0 Å². The van der Waals surface area contributed by atoms with Crippen molar-refractivity contribution in [2.24, 2.45) is 5.92 Å². The first-order chi connectivity index (χ1) is 13.1. The van der Waals surface area contributed by atoms with Gasteiger partial charge in [0.05, 0.1) is 11.6 Å². The van der Waals surface area contributed by atoms with Crippen LogP contribution in [0.4, 0.5) is 9.18 Å². The first kappa shape index (κ1) is 19.4. The molecule has 2 heterocycles. The molecular formula is C21H26FN3O2. The summed E-state index contributed by atoms with van der Waals surface area (Å²) in [5.41, 5.74) is 2.38. The molecule has 27 heavy (non-hydrogen) atoms. The Balaban J connectivity index is 1.59. The molecule has 0 bridgehead atoms. The number of carbonyl (C=O) groups excluding carboxylic acids is 1. The summed E-state index contributed by atoms with van der Waals surface area (Å²) in [4.78, 5) is 16.5. The summed E-state index contributed by atoms with van der Waals surface area (Å²) < 4.78 is 13.1. The van der Waals surface area contributed by atoms with Gasteiger partial charge in [-0.05, 0) is 61.3 Å². The monoisotopic (exact) mass is 371 g/mol. The van der Waals surface area contributed by atoms with E-state index in [0.717, 1.165) is 43.5 Å². The fourth-order valence-electron chi connectivity index (χ4n) is 3.98. The number of hydrogen-bond donors (Lipinski definition) is 1. The van der Waals surface area contributed by atoms with Gasteiger partial charge in [-0.1, -0.05) is 12.1 Å². The molecule has 1 N–H and O–H groups in total. The van der Waals surface area contributed by atoms with Gasteiger partial charge in [0.2, 0.25) is 0 Å². The van der Waals surface area contributed by atoms with Crippen LogP contribution in [0.25, 0.3) is 5.57 Å². The molecule has 3 rings (SSSR count). The van der Waals surface area contributed by atoms with Crippen LogP contribution in [0.2, 0.25) is 0 Å². The van der Waals surface area contributed by atoms with Crippen LogP contribution in [0.1, 0.15) is 37.7 Å². The molecule has 0 radical (unpaired) electrons. The average molecular weight is 371 g/mol. The van der Waals surface area contributed by atoms with Crippen molar-refractivity contribution < 1.29 is 14.3 Å². The molecular weight excluding hydrogens is 345 g/mol. The van der Waals surface area contributed by atoms with Gasteiger partial charge in [-0.2, -0.15) is 5.26 Å². The second kappa shape index (κ2) is 9.01. The number of halogens is 1. The van der Waals surface area contributed by atoms with Gasteiger partial charge in [-0.25, -0.2) is 9.18 Å². The van der Waals surface area contributed by atoms with Crippen LogP contribution < -0.4 is 0 Å². The molecule has 0 aliphatic carbocycles. The number of amides is 2. The van der Waals surface area contributed by atoms with E-state index in [0.29, 0.717) is 37.4 Å². The zero-order chi connectivity index (χ0) is 19.2. The van der Waals surface area contributed by atoms with Gasteiger partial charge in [0.1, 0.15) is 5.82 Å². The lowest BCUT2D eigenvalue weighted by molar-refractivity contribution is 0.123. The zero-order valence-electron chi connectivity index (χ0n) is 15.5. The zero-order valence-corrected chi connectivity index (χ0v) is 15.5. The van der Waals surface area contributed by atoms with Crippen LogP contribution >= 0.6 is 0 Å². The number of nitrogens with zero attached hydrogens (tertiary/aromatic N) is 3. The summed E-state index contributed by atoms with van der Waals surface area (Å²) in [6.07, 6.45) is 4.07. The Bertz CT molecular complexity index is 721. The molecule has 2 aliphatic rings. The topological polar surface area (TPSA) is 67.6 Å². The summed E-state index contributed by atoms with van der Waals surface area (Å²) in [6.45, 7) is 2.94. The van der Waals surface area contributed by atoms with Gasteiger partial charge in [0.25, 0.3) is 0 Å². The minimum absolute atomic E-state index is 0.0804. The van der Waals surface area contributed by atoms with Crippen molar-refractivity contribution in [1.29, 1.82) is 5.26 Å². The number of nitriles is 1. The SMILES string of the molecule is N#CC(=C1CCN(C(=O)N2CCC(CCO)CC2)CC1)c1ccc(F)cc1. The number of aliphatic hydroxyl groups is 1. The molecule has 1 aromatic rings. The minimum atomic E-state index is -0.316. The smallest absolute Gasteiger partial charge is 0.320 e. The second-order valence-electron chi connectivity index (χ2n) is 7.31. The normalized spacial score (nSPS) is 18.3. The third-order valence-corrected chi connectivity index (χ3v) is 5.66. The largest absolute Gasteiger partial charge is 0.396 e. The highest BCUT2D eigenvalue weighted by atomic mass is 19.1. The van der Waals surface area contributed by atoms with Gasteiger partial charge in [0.15, 0.2) is 0 Å². The lowest BCUT2D eigenvalue weighted by Gasteiger charge is -2.37. The molecule has 2 aliphatic heterocycles. The first-order valence-corrected chi connectivity index (χ1v) is 9.65. The number of piperidine rings is 2. The molecule has 144 valence electrons. The van der Waals surface area contributed by atoms with E-state index in [2.05, 4.69) is 6.07 Å². The fraction of sp³-hybridized carbons (Fsp3) is 0.524. The molecule has 2 fully saturated rings. The van der Waals surface area contributed by atoms with Crippen molar-refractivity contribution in [3.8, 4) is 6.07 Å². The molecule has 0 atom stereocenters. The van der Waals surface area contributed by atoms with E-state index in [1.165, 1.54) is 12.1 Å². The van der Waals surface area contributed by atoms with Gasteiger partial charge in [-0.3, -0.25) is 0 Å². The maximum absolute atomic E-state index is 13.1. The summed E-state index contributed by atoms with van der Waals surface area (Å²) in [5.74, 6) is 0.202. The minimum Gasteiger partial charge on any atom is -0.396 e. The molecule has 0 unspecified atom stereocenters. The van der Waals surface area contributed by atoms with Crippen LogP contribution in [-0.4, -0.2) is 53.7 Å². The predicted octanol–water partition coefficient (Wildman–Crippen LogP) is 3.41. The Kier molecular flexibility index (Phi) is 6.46. The summed E-state index contributed by atoms with van der Waals surface area (Å²) >= 11 is 0. The molecule has 2 amide bonds. The Morgan fingerprint density at radius 2 is 1.70 bits per heavy atom. The highest BCUT2D eigenvalue weighted by Crippen LogP contribution is 2.28. The van der Waals surface area contributed by atoms with Crippen molar-refractivity contribution >= 4 is 11.6 Å².